The second kappa shape index (κ2) is 7.46. The number of halogens is 1. The van der Waals surface area contributed by atoms with Crippen LogP contribution in [0, 0.1) is 19.7 Å². The third-order valence-electron chi connectivity index (χ3n) is 5.21. The maximum absolute atomic E-state index is 14.1. The highest BCUT2D eigenvalue weighted by Gasteiger charge is 2.18. The zero-order valence-corrected chi connectivity index (χ0v) is 16.1. The molecule has 28 heavy (non-hydrogen) atoms. The average Bonchev–Trinajstić information content (AvgIpc) is 3.32. The molecular formula is C22H23FN4O. The molecule has 2 heterocycles. The average molecular weight is 378 g/mol. The molecule has 0 aliphatic carbocycles. The Kier molecular flexibility index (Phi) is 4.86. The molecule has 144 valence electrons. The van der Waals surface area contributed by atoms with Crippen LogP contribution in [0.5, 0.6) is 0 Å². The van der Waals surface area contributed by atoms with Gasteiger partial charge in [0.1, 0.15) is 5.82 Å². The molecule has 0 bridgehead atoms. The van der Waals surface area contributed by atoms with Gasteiger partial charge < -0.3 is 10.2 Å². The molecule has 0 unspecified atom stereocenters. The van der Waals surface area contributed by atoms with Gasteiger partial charge in [-0.1, -0.05) is 18.2 Å². The fraction of sp³-hybridized carbons (Fsp3) is 0.273. The van der Waals surface area contributed by atoms with Gasteiger partial charge >= 0.3 is 0 Å². The highest BCUT2D eigenvalue weighted by molar-refractivity contribution is 6.05. The zero-order valence-electron chi connectivity index (χ0n) is 16.1. The van der Waals surface area contributed by atoms with Gasteiger partial charge in [0.2, 0.25) is 0 Å². The van der Waals surface area contributed by atoms with E-state index in [9.17, 15) is 9.18 Å². The van der Waals surface area contributed by atoms with Crippen LogP contribution in [0.2, 0.25) is 0 Å². The molecule has 0 radical (unpaired) electrons. The summed E-state index contributed by atoms with van der Waals surface area (Å²) in [7, 11) is 0. The molecule has 1 aliphatic rings. The number of hydrogen-bond donors (Lipinski definition) is 1. The van der Waals surface area contributed by atoms with Crippen LogP contribution in [0.4, 0.5) is 15.8 Å². The zero-order chi connectivity index (χ0) is 19.7. The van der Waals surface area contributed by atoms with Crippen LogP contribution in [0.1, 0.15) is 34.5 Å². The fourth-order valence-corrected chi connectivity index (χ4v) is 3.68. The Bertz CT molecular complexity index is 1020. The Hall–Kier alpha value is -3.15. The van der Waals surface area contributed by atoms with Crippen LogP contribution >= 0.6 is 0 Å². The molecule has 5 nitrogen and oxygen atoms in total. The van der Waals surface area contributed by atoms with Crippen molar-refractivity contribution in [2.75, 3.05) is 23.3 Å². The van der Waals surface area contributed by atoms with Gasteiger partial charge in [-0.15, -0.1) is 0 Å². The quantitative estimate of drug-likeness (QED) is 0.728. The number of aryl methyl sites for hydroxylation is 1. The first-order valence-electron chi connectivity index (χ1n) is 9.50. The van der Waals surface area contributed by atoms with Crippen molar-refractivity contribution in [1.29, 1.82) is 0 Å². The standard InChI is InChI=1S/C22H23FN4O/c1-15-7-3-4-8-21(15)27-16(2)20(14-24-27)22(28)25-18-11-17(23)12-19(13-18)26-9-5-6-10-26/h3-4,7-8,11-14H,5-6,9-10H2,1-2H3,(H,25,28). The number of nitrogens with one attached hydrogen (secondary N) is 1. The van der Waals surface area contributed by atoms with Crippen molar-refractivity contribution in [2.24, 2.45) is 0 Å². The summed E-state index contributed by atoms with van der Waals surface area (Å²) in [6, 6.07) is 12.6. The molecule has 1 N–H and O–H groups in total. The van der Waals surface area contributed by atoms with Crippen molar-refractivity contribution in [3.05, 3.63) is 71.3 Å². The first kappa shape index (κ1) is 18.2. The van der Waals surface area contributed by atoms with Crippen LogP contribution in [-0.2, 0) is 0 Å². The lowest BCUT2D eigenvalue weighted by Gasteiger charge is -2.18. The Morgan fingerprint density at radius 2 is 1.86 bits per heavy atom. The van der Waals surface area contributed by atoms with Gasteiger partial charge in [0.15, 0.2) is 0 Å². The second-order valence-corrected chi connectivity index (χ2v) is 7.19. The summed E-state index contributed by atoms with van der Waals surface area (Å²) in [5, 5.41) is 7.21. The summed E-state index contributed by atoms with van der Waals surface area (Å²) < 4.78 is 15.8. The van der Waals surface area contributed by atoms with Gasteiger partial charge in [0.25, 0.3) is 5.91 Å². The number of carbonyl (C=O) groups is 1. The highest BCUT2D eigenvalue weighted by Crippen LogP contribution is 2.26. The van der Waals surface area contributed by atoms with E-state index in [0.717, 1.165) is 48.6 Å². The highest BCUT2D eigenvalue weighted by atomic mass is 19.1. The first-order valence-corrected chi connectivity index (χ1v) is 9.50. The number of carbonyl (C=O) groups excluding carboxylic acids is 1. The van der Waals surface area contributed by atoms with Crippen molar-refractivity contribution in [2.45, 2.75) is 26.7 Å². The minimum Gasteiger partial charge on any atom is -0.371 e. The molecule has 2 aromatic carbocycles. The van der Waals surface area contributed by atoms with Crippen LogP contribution in [0.3, 0.4) is 0 Å². The minimum atomic E-state index is -0.355. The predicted molar refractivity (Wildman–Crippen MR) is 109 cm³/mol. The maximum Gasteiger partial charge on any atom is 0.259 e. The SMILES string of the molecule is Cc1ccccc1-n1ncc(C(=O)Nc2cc(F)cc(N3CCCC3)c2)c1C. The number of nitrogens with zero attached hydrogens (tertiary/aromatic N) is 3. The van der Waals surface area contributed by atoms with Gasteiger partial charge in [0, 0.05) is 24.5 Å². The van der Waals surface area contributed by atoms with Gasteiger partial charge in [0.05, 0.1) is 23.1 Å². The number of hydrogen-bond acceptors (Lipinski definition) is 3. The summed E-state index contributed by atoms with van der Waals surface area (Å²) in [5.41, 5.74) is 4.47. The van der Waals surface area contributed by atoms with Crippen molar-refractivity contribution in [3.8, 4) is 5.69 Å². The number of amides is 1. The number of aromatic nitrogens is 2. The van der Waals surface area contributed by atoms with Crippen molar-refractivity contribution in [1.82, 2.24) is 9.78 Å². The van der Waals surface area contributed by atoms with Crippen LogP contribution in [0.25, 0.3) is 5.69 Å². The Labute approximate surface area is 163 Å². The van der Waals surface area contributed by atoms with E-state index in [1.54, 1.807) is 10.9 Å². The summed E-state index contributed by atoms with van der Waals surface area (Å²) >= 11 is 0. The summed E-state index contributed by atoms with van der Waals surface area (Å²) in [6.07, 6.45) is 3.77. The summed E-state index contributed by atoms with van der Waals surface area (Å²) in [4.78, 5) is 14.9. The van der Waals surface area contributed by atoms with Crippen molar-refractivity contribution in [3.63, 3.8) is 0 Å². The number of rotatable bonds is 4. The van der Waals surface area contributed by atoms with Crippen LogP contribution in [-0.4, -0.2) is 28.8 Å². The maximum atomic E-state index is 14.1. The Morgan fingerprint density at radius 1 is 1.11 bits per heavy atom. The Balaban J connectivity index is 1.59. The van der Waals surface area contributed by atoms with Crippen molar-refractivity contribution < 1.29 is 9.18 Å². The topological polar surface area (TPSA) is 50.2 Å². The molecule has 6 heteroatoms. The van der Waals surface area contributed by atoms with Gasteiger partial charge in [-0.05, 0) is 56.5 Å². The third kappa shape index (κ3) is 3.50. The summed E-state index contributed by atoms with van der Waals surface area (Å²) in [6.45, 7) is 5.69. The lowest BCUT2D eigenvalue weighted by atomic mass is 10.2. The van der Waals surface area contributed by atoms with Crippen molar-refractivity contribution >= 4 is 17.3 Å². The van der Waals surface area contributed by atoms with Crippen LogP contribution in [0.15, 0.2) is 48.7 Å². The lowest BCUT2D eigenvalue weighted by Crippen LogP contribution is -2.19. The first-order chi connectivity index (χ1) is 13.5. The van der Waals surface area contributed by atoms with Gasteiger partial charge in [-0.2, -0.15) is 5.10 Å². The third-order valence-corrected chi connectivity index (χ3v) is 5.21. The number of anilines is 2. The second-order valence-electron chi connectivity index (χ2n) is 7.19. The van der Waals surface area contributed by atoms with E-state index in [1.165, 1.54) is 12.1 Å². The van der Waals surface area contributed by atoms with E-state index in [1.807, 2.05) is 44.2 Å². The largest absolute Gasteiger partial charge is 0.371 e. The lowest BCUT2D eigenvalue weighted by molar-refractivity contribution is 0.102. The molecule has 0 atom stereocenters. The number of para-hydroxylation sites is 1. The molecule has 1 aromatic heterocycles. The van der Waals surface area contributed by atoms with E-state index >= 15 is 0 Å². The summed E-state index contributed by atoms with van der Waals surface area (Å²) in [5.74, 6) is -0.651. The molecule has 1 fully saturated rings. The molecular weight excluding hydrogens is 355 g/mol. The molecule has 1 saturated heterocycles. The molecule has 1 amide bonds. The predicted octanol–water partition coefficient (Wildman–Crippen LogP) is 4.48. The van der Waals surface area contributed by atoms with E-state index in [4.69, 9.17) is 0 Å². The fourth-order valence-electron chi connectivity index (χ4n) is 3.68. The van der Waals surface area contributed by atoms with Crippen LogP contribution < -0.4 is 10.2 Å². The molecule has 0 saturated carbocycles. The molecule has 3 aromatic rings. The van der Waals surface area contributed by atoms with E-state index < -0.39 is 0 Å². The van der Waals surface area contributed by atoms with E-state index in [0.29, 0.717) is 11.3 Å². The van der Waals surface area contributed by atoms with Gasteiger partial charge in [-0.3, -0.25) is 4.79 Å². The minimum absolute atomic E-state index is 0.296. The monoisotopic (exact) mass is 378 g/mol. The van der Waals surface area contributed by atoms with E-state index in [2.05, 4.69) is 15.3 Å². The molecule has 0 spiro atoms. The number of benzene rings is 2. The van der Waals surface area contributed by atoms with E-state index in [-0.39, 0.29) is 11.7 Å². The Morgan fingerprint density at radius 3 is 2.61 bits per heavy atom. The normalized spacial score (nSPS) is 13.8. The molecule has 1 aliphatic heterocycles. The smallest absolute Gasteiger partial charge is 0.259 e. The van der Waals surface area contributed by atoms with Gasteiger partial charge in [-0.25, -0.2) is 9.07 Å². The molecule has 4 rings (SSSR count).